The SMILES string of the molecule is COc1cccc(-c2ccc(CN3CC4=C(CCCC4)O3)c3cnccc23)c1. The fourth-order valence-corrected chi connectivity index (χ4v) is 4.33. The van der Waals surface area contributed by atoms with Crippen LogP contribution < -0.4 is 4.74 Å². The molecule has 2 aliphatic rings. The number of allylic oxidation sites excluding steroid dienone is 1. The number of hydroxylamine groups is 2. The molecule has 4 heteroatoms. The highest BCUT2D eigenvalue weighted by Gasteiger charge is 2.26. The molecular formula is C24H24N2O2. The monoisotopic (exact) mass is 372 g/mol. The van der Waals surface area contributed by atoms with Gasteiger partial charge < -0.3 is 9.57 Å². The van der Waals surface area contributed by atoms with Gasteiger partial charge in [0.2, 0.25) is 0 Å². The Bertz CT molecular complexity index is 1040. The van der Waals surface area contributed by atoms with Gasteiger partial charge in [-0.2, -0.15) is 0 Å². The van der Waals surface area contributed by atoms with Crippen LogP contribution in [0.25, 0.3) is 21.9 Å². The van der Waals surface area contributed by atoms with Crippen molar-refractivity contribution in [3.63, 3.8) is 0 Å². The first kappa shape index (κ1) is 17.3. The van der Waals surface area contributed by atoms with Crippen LogP contribution in [0.5, 0.6) is 5.75 Å². The lowest BCUT2D eigenvalue weighted by atomic mass is 9.96. The maximum absolute atomic E-state index is 6.14. The standard InChI is InChI=1S/C24H24N2O2/c1-27-20-7-4-6-17(13-20)21-10-9-18(23-14-25-12-11-22(21)23)15-26-16-19-5-2-3-8-24(19)28-26/h4,6-7,9-14H,2-3,5,8,15-16H2,1H3. The Morgan fingerprint density at radius 1 is 1.07 bits per heavy atom. The Hall–Kier alpha value is -2.85. The van der Waals surface area contributed by atoms with E-state index in [2.05, 4.69) is 40.4 Å². The van der Waals surface area contributed by atoms with E-state index < -0.39 is 0 Å². The van der Waals surface area contributed by atoms with E-state index in [1.807, 2.05) is 24.5 Å². The van der Waals surface area contributed by atoms with E-state index in [-0.39, 0.29) is 0 Å². The van der Waals surface area contributed by atoms with Crippen molar-refractivity contribution in [2.45, 2.75) is 32.2 Å². The van der Waals surface area contributed by atoms with E-state index in [9.17, 15) is 0 Å². The Kier molecular flexibility index (Phi) is 4.49. The first-order valence-corrected chi connectivity index (χ1v) is 9.95. The molecule has 0 fully saturated rings. The van der Waals surface area contributed by atoms with Crippen LogP contribution in [0.4, 0.5) is 0 Å². The third-order valence-electron chi connectivity index (χ3n) is 5.77. The van der Waals surface area contributed by atoms with Gasteiger partial charge in [-0.3, -0.25) is 4.98 Å². The van der Waals surface area contributed by atoms with Gasteiger partial charge in [-0.05, 0) is 65.1 Å². The number of pyridine rings is 1. The van der Waals surface area contributed by atoms with Gasteiger partial charge >= 0.3 is 0 Å². The highest BCUT2D eigenvalue weighted by atomic mass is 16.7. The third-order valence-corrected chi connectivity index (χ3v) is 5.77. The number of hydrogen-bond acceptors (Lipinski definition) is 4. The topological polar surface area (TPSA) is 34.6 Å². The van der Waals surface area contributed by atoms with Crippen molar-refractivity contribution >= 4 is 10.8 Å². The molecule has 0 unspecified atom stereocenters. The van der Waals surface area contributed by atoms with Crippen LogP contribution in [-0.4, -0.2) is 23.7 Å². The maximum Gasteiger partial charge on any atom is 0.125 e. The van der Waals surface area contributed by atoms with Crippen LogP contribution in [0.15, 0.2) is 66.2 Å². The summed E-state index contributed by atoms with van der Waals surface area (Å²) < 4.78 is 5.41. The molecule has 3 aromatic rings. The fraction of sp³-hybridized carbons (Fsp3) is 0.292. The van der Waals surface area contributed by atoms with Crippen LogP contribution in [0, 0.1) is 0 Å². The molecule has 28 heavy (non-hydrogen) atoms. The summed E-state index contributed by atoms with van der Waals surface area (Å²) >= 11 is 0. The van der Waals surface area contributed by atoms with Gasteiger partial charge in [-0.15, -0.1) is 5.06 Å². The van der Waals surface area contributed by atoms with Crippen LogP contribution in [0.2, 0.25) is 0 Å². The predicted molar refractivity (Wildman–Crippen MR) is 111 cm³/mol. The van der Waals surface area contributed by atoms with Crippen molar-refractivity contribution in [1.82, 2.24) is 10.0 Å². The quantitative estimate of drug-likeness (QED) is 0.607. The average molecular weight is 372 g/mol. The molecular weight excluding hydrogens is 348 g/mol. The molecule has 2 heterocycles. The maximum atomic E-state index is 6.14. The molecule has 5 rings (SSSR count). The summed E-state index contributed by atoms with van der Waals surface area (Å²) in [7, 11) is 1.70. The summed E-state index contributed by atoms with van der Waals surface area (Å²) in [6.07, 6.45) is 8.64. The number of hydrogen-bond donors (Lipinski definition) is 0. The molecule has 1 aromatic heterocycles. The van der Waals surface area contributed by atoms with Gasteiger partial charge in [0.25, 0.3) is 0 Å². The second-order valence-corrected chi connectivity index (χ2v) is 7.55. The number of benzene rings is 2. The molecule has 0 saturated carbocycles. The number of rotatable bonds is 4. The molecule has 0 saturated heterocycles. The molecule has 0 bridgehead atoms. The largest absolute Gasteiger partial charge is 0.497 e. The summed E-state index contributed by atoms with van der Waals surface area (Å²) in [6, 6.07) is 14.7. The minimum atomic E-state index is 0.771. The molecule has 0 atom stereocenters. The highest BCUT2D eigenvalue weighted by molar-refractivity contribution is 5.98. The van der Waals surface area contributed by atoms with E-state index in [0.29, 0.717) is 0 Å². The number of methoxy groups -OCH3 is 1. The minimum Gasteiger partial charge on any atom is -0.497 e. The minimum absolute atomic E-state index is 0.771. The Labute approximate surface area is 165 Å². The second-order valence-electron chi connectivity index (χ2n) is 7.55. The first-order valence-electron chi connectivity index (χ1n) is 9.95. The van der Waals surface area contributed by atoms with Crippen molar-refractivity contribution in [2.24, 2.45) is 0 Å². The predicted octanol–water partition coefficient (Wildman–Crippen LogP) is 5.49. The van der Waals surface area contributed by atoms with Crippen LogP contribution in [0.1, 0.15) is 31.2 Å². The summed E-state index contributed by atoms with van der Waals surface area (Å²) in [5.74, 6) is 2.08. The Balaban J connectivity index is 1.48. The molecule has 1 aliphatic heterocycles. The zero-order valence-electron chi connectivity index (χ0n) is 16.1. The van der Waals surface area contributed by atoms with Crippen LogP contribution >= 0.6 is 0 Å². The van der Waals surface area contributed by atoms with Crippen LogP contribution in [0.3, 0.4) is 0 Å². The molecule has 0 N–H and O–H groups in total. The molecule has 0 amide bonds. The number of aromatic nitrogens is 1. The van der Waals surface area contributed by atoms with E-state index in [0.717, 1.165) is 30.8 Å². The zero-order chi connectivity index (χ0) is 18.9. The molecule has 4 nitrogen and oxygen atoms in total. The summed E-state index contributed by atoms with van der Waals surface area (Å²) in [4.78, 5) is 10.5. The average Bonchev–Trinajstić information content (AvgIpc) is 3.16. The molecule has 0 radical (unpaired) electrons. The Morgan fingerprint density at radius 3 is 2.89 bits per heavy atom. The summed E-state index contributed by atoms with van der Waals surface area (Å²) in [6.45, 7) is 1.70. The lowest BCUT2D eigenvalue weighted by Gasteiger charge is -2.18. The smallest absolute Gasteiger partial charge is 0.125 e. The van der Waals surface area contributed by atoms with Gasteiger partial charge in [-0.25, -0.2) is 0 Å². The van der Waals surface area contributed by atoms with Gasteiger partial charge in [0.15, 0.2) is 0 Å². The van der Waals surface area contributed by atoms with Gasteiger partial charge in [0.05, 0.1) is 20.2 Å². The molecule has 0 spiro atoms. The highest BCUT2D eigenvalue weighted by Crippen LogP contribution is 2.35. The number of nitrogens with zero attached hydrogens (tertiary/aromatic N) is 2. The third kappa shape index (κ3) is 3.14. The normalized spacial score (nSPS) is 16.9. The molecule has 142 valence electrons. The zero-order valence-corrected chi connectivity index (χ0v) is 16.1. The van der Waals surface area contributed by atoms with Gasteiger partial charge in [-0.1, -0.05) is 24.3 Å². The van der Waals surface area contributed by atoms with Crippen LogP contribution in [-0.2, 0) is 11.4 Å². The van der Waals surface area contributed by atoms with E-state index in [1.54, 1.807) is 7.11 Å². The lowest BCUT2D eigenvalue weighted by Crippen LogP contribution is -2.19. The lowest BCUT2D eigenvalue weighted by molar-refractivity contribution is -0.101. The number of fused-ring (bicyclic) bond motifs is 1. The summed E-state index contributed by atoms with van der Waals surface area (Å²) in [5.41, 5.74) is 5.08. The molecule has 2 aromatic carbocycles. The van der Waals surface area contributed by atoms with Crippen molar-refractivity contribution in [2.75, 3.05) is 13.7 Å². The van der Waals surface area contributed by atoms with E-state index in [4.69, 9.17) is 9.57 Å². The first-order chi connectivity index (χ1) is 13.8. The van der Waals surface area contributed by atoms with Crippen molar-refractivity contribution < 1.29 is 9.57 Å². The van der Waals surface area contributed by atoms with Crippen molar-refractivity contribution in [1.29, 1.82) is 0 Å². The van der Waals surface area contributed by atoms with E-state index in [1.165, 1.54) is 52.5 Å². The van der Waals surface area contributed by atoms with Crippen molar-refractivity contribution in [3.8, 4) is 16.9 Å². The fourth-order valence-electron chi connectivity index (χ4n) is 4.33. The summed E-state index contributed by atoms with van der Waals surface area (Å²) in [5, 5.41) is 4.48. The van der Waals surface area contributed by atoms with Crippen molar-refractivity contribution in [3.05, 3.63) is 71.8 Å². The van der Waals surface area contributed by atoms with Gasteiger partial charge in [0, 0.05) is 24.2 Å². The number of ether oxygens (including phenoxy) is 1. The van der Waals surface area contributed by atoms with E-state index >= 15 is 0 Å². The molecule has 1 aliphatic carbocycles. The van der Waals surface area contributed by atoms with Gasteiger partial charge in [0.1, 0.15) is 11.5 Å². The second kappa shape index (κ2) is 7.28. The Morgan fingerprint density at radius 2 is 2.00 bits per heavy atom.